The van der Waals surface area contributed by atoms with Crippen molar-refractivity contribution in [3.8, 4) is 11.6 Å². The molecule has 0 aliphatic carbocycles. The van der Waals surface area contributed by atoms with E-state index < -0.39 is 0 Å². The van der Waals surface area contributed by atoms with E-state index in [0.29, 0.717) is 25.0 Å². The van der Waals surface area contributed by atoms with E-state index in [1.165, 1.54) is 0 Å². The molecule has 0 bridgehead atoms. The minimum atomic E-state index is -0.0902. The van der Waals surface area contributed by atoms with Crippen LogP contribution in [-0.4, -0.2) is 47.3 Å². The first-order valence-corrected chi connectivity index (χ1v) is 9.11. The number of fused-ring (bicyclic) bond motifs is 1. The summed E-state index contributed by atoms with van der Waals surface area (Å²) in [5, 5.41) is 8.01. The highest BCUT2D eigenvalue weighted by Crippen LogP contribution is 2.29. The Morgan fingerprint density at radius 1 is 1.27 bits per heavy atom. The van der Waals surface area contributed by atoms with Crippen molar-refractivity contribution in [1.29, 1.82) is 0 Å². The number of hydrogen-bond donors (Lipinski definition) is 0. The van der Waals surface area contributed by atoms with Crippen molar-refractivity contribution >= 4 is 5.91 Å². The lowest BCUT2D eigenvalue weighted by Crippen LogP contribution is -2.39. The maximum atomic E-state index is 12.9. The van der Waals surface area contributed by atoms with E-state index in [4.69, 9.17) is 9.47 Å². The van der Waals surface area contributed by atoms with Gasteiger partial charge in [-0.25, -0.2) is 0 Å². The van der Waals surface area contributed by atoms with Gasteiger partial charge in [0.1, 0.15) is 12.4 Å². The Labute approximate surface area is 153 Å². The number of para-hydroxylation sites is 1. The number of nitrogens with zero attached hydrogens (tertiary/aromatic N) is 3. The summed E-state index contributed by atoms with van der Waals surface area (Å²) in [6, 6.07) is 11.7. The molecule has 6 heteroatoms. The Bertz CT molecular complexity index is 778. The Hall–Kier alpha value is -2.63. The van der Waals surface area contributed by atoms with E-state index in [-0.39, 0.29) is 11.8 Å². The monoisotopic (exact) mass is 353 g/mol. The van der Waals surface area contributed by atoms with Crippen LogP contribution in [0.5, 0.6) is 11.6 Å². The first kappa shape index (κ1) is 16.8. The average Bonchev–Trinajstić information content (AvgIpc) is 3.15. The van der Waals surface area contributed by atoms with E-state index in [1.54, 1.807) is 0 Å². The molecule has 6 nitrogen and oxygen atoms in total. The molecule has 1 saturated heterocycles. The second-order valence-electron chi connectivity index (χ2n) is 7.08. The van der Waals surface area contributed by atoms with E-state index in [0.717, 1.165) is 42.9 Å². The predicted octanol–water partition coefficient (Wildman–Crippen LogP) is 2.26. The van der Waals surface area contributed by atoms with Crippen molar-refractivity contribution in [2.24, 2.45) is 11.8 Å². The van der Waals surface area contributed by atoms with Gasteiger partial charge in [-0.3, -0.25) is 4.79 Å². The van der Waals surface area contributed by atoms with Gasteiger partial charge >= 0.3 is 0 Å². The Morgan fingerprint density at radius 3 is 3.00 bits per heavy atom. The van der Waals surface area contributed by atoms with Crippen LogP contribution in [0, 0.1) is 18.8 Å². The van der Waals surface area contributed by atoms with Gasteiger partial charge in [-0.2, -0.15) is 5.10 Å². The summed E-state index contributed by atoms with van der Waals surface area (Å²) in [5.74, 6) is 1.88. The van der Waals surface area contributed by atoms with Gasteiger partial charge in [0.2, 0.25) is 11.8 Å². The number of hydrogen-bond acceptors (Lipinski definition) is 5. The molecular weight excluding hydrogens is 330 g/mol. The number of carbonyl (C=O) groups is 1. The molecule has 4 rings (SSSR count). The summed E-state index contributed by atoms with van der Waals surface area (Å²) >= 11 is 0. The fourth-order valence-corrected chi connectivity index (χ4v) is 3.58. The Morgan fingerprint density at radius 2 is 2.15 bits per heavy atom. The van der Waals surface area contributed by atoms with E-state index in [1.807, 2.05) is 48.2 Å². The van der Waals surface area contributed by atoms with Gasteiger partial charge in [-0.05, 0) is 37.5 Å². The molecule has 2 aromatic rings. The van der Waals surface area contributed by atoms with Crippen molar-refractivity contribution in [1.82, 2.24) is 15.1 Å². The zero-order valence-corrected chi connectivity index (χ0v) is 14.9. The molecule has 1 aromatic heterocycles. The summed E-state index contributed by atoms with van der Waals surface area (Å²) in [6.07, 6.45) is 1.71. The van der Waals surface area contributed by atoms with Crippen molar-refractivity contribution in [2.45, 2.75) is 19.8 Å². The maximum Gasteiger partial charge on any atom is 0.233 e. The molecule has 136 valence electrons. The lowest BCUT2D eigenvalue weighted by molar-refractivity contribution is -0.136. The molecule has 0 radical (unpaired) electrons. The molecule has 1 amide bonds. The second kappa shape index (κ2) is 7.32. The number of carbonyl (C=O) groups excluding carboxylic acids is 1. The van der Waals surface area contributed by atoms with Crippen molar-refractivity contribution in [3.63, 3.8) is 0 Å². The smallest absolute Gasteiger partial charge is 0.233 e. The molecule has 2 atom stereocenters. The molecule has 26 heavy (non-hydrogen) atoms. The van der Waals surface area contributed by atoms with Gasteiger partial charge in [-0.15, -0.1) is 5.10 Å². The van der Waals surface area contributed by atoms with Crippen LogP contribution in [0.1, 0.15) is 17.7 Å². The number of amides is 1. The van der Waals surface area contributed by atoms with Crippen molar-refractivity contribution in [3.05, 3.63) is 47.7 Å². The lowest BCUT2D eigenvalue weighted by Gasteiger charge is -2.28. The van der Waals surface area contributed by atoms with Gasteiger partial charge in [0.05, 0.1) is 18.2 Å². The molecule has 2 aliphatic heterocycles. The third-order valence-electron chi connectivity index (χ3n) is 5.07. The number of benzene rings is 1. The van der Waals surface area contributed by atoms with Crippen LogP contribution in [-0.2, 0) is 11.2 Å². The summed E-state index contributed by atoms with van der Waals surface area (Å²) in [4.78, 5) is 14.8. The molecule has 0 saturated carbocycles. The first-order valence-electron chi connectivity index (χ1n) is 9.11. The van der Waals surface area contributed by atoms with Crippen LogP contribution in [0.3, 0.4) is 0 Å². The van der Waals surface area contributed by atoms with Crippen LogP contribution in [0.15, 0.2) is 36.4 Å². The van der Waals surface area contributed by atoms with E-state index in [9.17, 15) is 4.79 Å². The van der Waals surface area contributed by atoms with Gasteiger partial charge in [0.25, 0.3) is 0 Å². The number of aryl methyl sites for hydroxylation is 1. The van der Waals surface area contributed by atoms with Crippen LogP contribution in [0.4, 0.5) is 0 Å². The normalized spacial score (nSPS) is 21.8. The lowest BCUT2D eigenvalue weighted by atomic mass is 9.95. The van der Waals surface area contributed by atoms with Gasteiger partial charge < -0.3 is 14.4 Å². The number of ether oxygens (including phenoxy) is 2. The third kappa shape index (κ3) is 3.64. The summed E-state index contributed by atoms with van der Waals surface area (Å²) in [7, 11) is 0. The highest BCUT2D eigenvalue weighted by Gasteiger charge is 2.33. The minimum Gasteiger partial charge on any atom is -0.492 e. The summed E-state index contributed by atoms with van der Waals surface area (Å²) in [5.41, 5.74) is 1.99. The molecule has 0 spiro atoms. The fourth-order valence-electron chi connectivity index (χ4n) is 3.58. The fraction of sp³-hybridized carbons (Fsp3) is 0.450. The van der Waals surface area contributed by atoms with Gasteiger partial charge in [-0.1, -0.05) is 18.2 Å². The maximum absolute atomic E-state index is 12.9. The summed E-state index contributed by atoms with van der Waals surface area (Å²) < 4.78 is 11.5. The molecule has 2 aliphatic rings. The highest BCUT2D eigenvalue weighted by molar-refractivity contribution is 5.80. The number of likely N-dealkylation sites (tertiary alicyclic amines) is 1. The topological polar surface area (TPSA) is 64.5 Å². The van der Waals surface area contributed by atoms with Crippen LogP contribution >= 0.6 is 0 Å². The zero-order valence-electron chi connectivity index (χ0n) is 14.9. The predicted molar refractivity (Wildman–Crippen MR) is 96.1 cm³/mol. The van der Waals surface area contributed by atoms with Crippen molar-refractivity contribution in [2.75, 3.05) is 26.3 Å². The van der Waals surface area contributed by atoms with E-state index in [2.05, 4.69) is 10.2 Å². The first-order chi connectivity index (χ1) is 12.7. The second-order valence-corrected chi connectivity index (χ2v) is 7.08. The number of aromatic nitrogens is 2. The van der Waals surface area contributed by atoms with E-state index >= 15 is 0 Å². The molecule has 1 fully saturated rings. The van der Waals surface area contributed by atoms with Gasteiger partial charge in [0.15, 0.2) is 0 Å². The van der Waals surface area contributed by atoms with Crippen LogP contribution in [0.2, 0.25) is 0 Å². The average molecular weight is 353 g/mol. The largest absolute Gasteiger partial charge is 0.492 e. The Kier molecular flexibility index (Phi) is 4.73. The van der Waals surface area contributed by atoms with Gasteiger partial charge in [0, 0.05) is 25.1 Å². The van der Waals surface area contributed by atoms with Crippen LogP contribution in [0.25, 0.3) is 0 Å². The Balaban J connectivity index is 1.29. The standard InChI is InChI=1S/C20H23N3O3/c1-14-6-7-19(22-21-14)26-12-15-8-9-23(11-15)20(24)17-10-16-4-2-3-5-18(16)25-13-17/h2-7,15,17H,8-13H2,1H3. The minimum absolute atomic E-state index is 0.0902. The summed E-state index contributed by atoms with van der Waals surface area (Å²) in [6.45, 7) is 4.43. The highest BCUT2D eigenvalue weighted by atomic mass is 16.5. The van der Waals surface area contributed by atoms with Crippen LogP contribution < -0.4 is 9.47 Å². The zero-order chi connectivity index (χ0) is 17.9. The SMILES string of the molecule is Cc1ccc(OCC2CCN(C(=O)C3COc4ccccc4C3)C2)nn1. The molecular formula is C20H23N3O3. The molecule has 2 unspecified atom stereocenters. The molecule has 3 heterocycles. The molecule has 1 aromatic carbocycles. The third-order valence-corrected chi connectivity index (χ3v) is 5.07. The number of rotatable bonds is 4. The quantitative estimate of drug-likeness (QED) is 0.844. The van der Waals surface area contributed by atoms with Crippen molar-refractivity contribution < 1.29 is 14.3 Å². The molecule has 0 N–H and O–H groups in total.